The summed E-state index contributed by atoms with van der Waals surface area (Å²) < 4.78 is 1.27. The second-order valence-corrected chi connectivity index (χ2v) is 17.1. The Labute approximate surface area is 356 Å². The summed E-state index contributed by atoms with van der Waals surface area (Å²) in [4.78, 5) is 12.1. The van der Waals surface area contributed by atoms with E-state index in [1.807, 2.05) is 11.3 Å². The molecule has 0 aliphatic carbocycles. The Morgan fingerprint density at radius 3 is 1.51 bits per heavy atom. The maximum absolute atomic E-state index is 5.46. The molecule has 282 valence electrons. The Morgan fingerprint density at radius 1 is 0.295 bits per heavy atom. The zero-order valence-electron chi connectivity index (χ0n) is 32.9. The maximum Gasteiger partial charge on any atom is 0.160 e. The van der Waals surface area contributed by atoms with Gasteiger partial charge in [-0.1, -0.05) is 176 Å². The highest BCUT2D eigenvalue weighted by Crippen LogP contribution is 2.45. The molecule has 0 aliphatic rings. The Morgan fingerprint density at radius 2 is 0.820 bits per heavy atom. The van der Waals surface area contributed by atoms with Crippen molar-refractivity contribution in [1.82, 2.24) is 9.97 Å². The van der Waals surface area contributed by atoms with Gasteiger partial charge in [0.1, 0.15) is 0 Å². The van der Waals surface area contributed by atoms with Gasteiger partial charge in [0, 0.05) is 31.8 Å². The molecule has 0 N–H and O–H groups in total. The first-order chi connectivity index (χ1) is 30.2. The third kappa shape index (κ3) is 5.41. The lowest BCUT2D eigenvalue weighted by Crippen LogP contribution is -1.97. The van der Waals surface area contributed by atoms with Gasteiger partial charge in [-0.05, 0) is 111 Å². The van der Waals surface area contributed by atoms with Gasteiger partial charge >= 0.3 is 0 Å². The summed E-state index contributed by atoms with van der Waals surface area (Å²) >= 11 is 1.82. The second kappa shape index (κ2) is 13.4. The van der Waals surface area contributed by atoms with Gasteiger partial charge in [-0.3, -0.25) is 0 Å². The molecule has 0 aliphatic heterocycles. The lowest BCUT2D eigenvalue weighted by Gasteiger charge is -2.17. The second-order valence-electron chi connectivity index (χ2n) is 16.1. The number of hydrogen-bond donors (Lipinski definition) is 0. The lowest BCUT2D eigenvalue weighted by molar-refractivity contribution is 1.18. The van der Waals surface area contributed by atoms with E-state index in [2.05, 4.69) is 206 Å². The summed E-state index contributed by atoms with van der Waals surface area (Å²) in [6.45, 7) is 0. The SMILES string of the molecule is c1ccc(-c2ccc(-c3nc(-c4cc5ccc6cccc7c8cccc9ccc%10cccc(c(c4)c5c67)c%10c98)cc(-c4ccccc4-c4cc5ccccc5s4)n3)cc2)cc1. The van der Waals surface area contributed by atoms with Crippen LogP contribution in [-0.2, 0) is 0 Å². The first-order valence-electron chi connectivity index (χ1n) is 20.8. The van der Waals surface area contributed by atoms with E-state index in [1.165, 1.54) is 85.2 Å². The Balaban J connectivity index is 1.11. The molecule has 13 rings (SSSR count). The average molecular weight is 791 g/mol. The quantitative estimate of drug-likeness (QED) is 0.162. The van der Waals surface area contributed by atoms with Crippen LogP contribution < -0.4 is 0 Å². The van der Waals surface area contributed by atoms with Crippen LogP contribution in [0.1, 0.15) is 0 Å². The van der Waals surface area contributed by atoms with E-state index in [-0.39, 0.29) is 0 Å². The fourth-order valence-electron chi connectivity index (χ4n) is 9.77. The number of nitrogens with zero attached hydrogens (tertiary/aromatic N) is 2. The highest BCUT2D eigenvalue weighted by Gasteiger charge is 2.19. The maximum atomic E-state index is 5.46. The fourth-order valence-corrected chi connectivity index (χ4v) is 10.9. The van der Waals surface area contributed by atoms with E-state index in [0.717, 1.165) is 39.2 Å². The molecule has 0 atom stereocenters. The predicted molar refractivity (Wildman–Crippen MR) is 261 cm³/mol. The van der Waals surface area contributed by atoms with Crippen LogP contribution in [0.25, 0.3) is 130 Å². The molecule has 0 bridgehead atoms. The summed E-state index contributed by atoms with van der Waals surface area (Å²) in [6.07, 6.45) is 0. The van der Waals surface area contributed by atoms with E-state index < -0.39 is 0 Å². The molecule has 0 saturated carbocycles. The summed E-state index contributed by atoms with van der Waals surface area (Å²) in [5.41, 5.74) is 8.40. The third-order valence-corrected chi connectivity index (χ3v) is 13.7. The van der Waals surface area contributed by atoms with Crippen molar-refractivity contribution in [1.29, 1.82) is 0 Å². The number of aromatic nitrogens is 2. The Hall–Kier alpha value is -7.72. The molecule has 61 heavy (non-hydrogen) atoms. The summed E-state index contributed by atoms with van der Waals surface area (Å²) in [7, 11) is 0. The highest BCUT2D eigenvalue weighted by molar-refractivity contribution is 7.22. The summed E-state index contributed by atoms with van der Waals surface area (Å²) in [5.74, 6) is 0.697. The molecular weight excluding hydrogens is 757 g/mol. The minimum Gasteiger partial charge on any atom is -0.228 e. The van der Waals surface area contributed by atoms with Crippen molar-refractivity contribution in [3.63, 3.8) is 0 Å². The van der Waals surface area contributed by atoms with Crippen LogP contribution in [0.2, 0.25) is 0 Å². The topological polar surface area (TPSA) is 25.8 Å². The van der Waals surface area contributed by atoms with Crippen LogP contribution in [0.3, 0.4) is 0 Å². The van der Waals surface area contributed by atoms with Crippen LogP contribution >= 0.6 is 11.3 Å². The molecule has 3 heteroatoms. The van der Waals surface area contributed by atoms with Crippen molar-refractivity contribution >= 4 is 86.1 Å². The third-order valence-electron chi connectivity index (χ3n) is 12.6. The monoisotopic (exact) mass is 790 g/mol. The van der Waals surface area contributed by atoms with Gasteiger partial charge in [0.25, 0.3) is 0 Å². The van der Waals surface area contributed by atoms with E-state index in [0.29, 0.717) is 5.82 Å². The average Bonchev–Trinajstić information content (AvgIpc) is 3.77. The fraction of sp³-hybridized carbons (Fsp3) is 0. The molecule has 2 heterocycles. The van der Waals surface area contributed by atoms with Crippen molar-refractivity contribution in [2.45, 2.75) is 0 Å². The molecule has 2 aromatic heterocycles. The predicted octanol–water partition coefficient (Wildman–Crippen LogP) is 16.4. The number of thiophene rings is 1. The van der Waals surface area contributed by atoms with Crippen LogP contribution in [0.5, 0.6) is 0 Å². The normalized spacial score (nSPS) is 11.9. The molecule has 0 amide bonds. The smallest absolute Gasteiger partial charge is 0.160 e. The Bertz CT molecular complexity index is 3830. The molecule has 13 aromatic rings. The van der Waals surface area contributed by atoms with Gasteiger partial charge in [-0.15, -0.1) is 11.3 Å². The van der Waals surface area contributed by atoms with Gasteiger partial charge in [-0.25, -0.2) is 9.97 Å². The van der Waals surface area contributed by atoms with Crippen molar-refractivity contribution in [3.05, 3.63) is 206 Å². The van der Waals surface area contributed by atoms with Gasteiger partial charge in [-0.2, -0.15) is 0 Å². The number of hydrogen-bond acceptors (Lipinski definition) is 3. The molecule has 0 fully saturated rings. The molecule has 0 radical (unpaired) electrons. The van der Waals surface area contributed by atoms with Gasteiger partial charge in [0.2, 0.25) is 0 Å². The Kier molecular flexibility index (Phi) is 7.51. The van der Waals surface area contributed by atoms with Crippen LogP contribution in [0.4, 0.5) is 0 Å². The number of rotatable bonds is 5. The van der Waals surface area contributed by atoms with E-state index in [9.17, 15) is 0 Å². The van der Waals surface area contributed by atoms with Crippen molar-refractivity contribution in [3.8, 4) is 55.5 Å². The van der Waals surface area contributed by atoms with Gasteiger partial charge in [0.15, 0.2) is 5.82 Å². The van der Waals surface area contributed by atoms with Gasteiger partial charge < -0.3 is 0 Å². The molecule has 0 saturated heterocycles. The molecule has 0 spiro atoms. The van der Waals surface area contributed by atoms with Crippen molar-refractivity contribution in [2.24, 2.45) is 0 Å². The number of benzene rings is 10. The van der Waals surface area contributed by atoms with E-state index in [1.54, 1.807) is 0 Å². The summed E-state index contributed by atoms with van der Waals surface area (Å²) in [6, 6.07) is 75.2. The zero-order chi connectivity index (χ0) is 40.0. The highest BCUT2D eigenvalue weighted by atomic mass is 32.1. The molecular formula is C58H34N2S. The largest absolute Gasteiger partial charge is 0.228 e. The number of fused-ring (bicyclic) bond motifs is 3. The first kappa shape index (κ1) is 34.2. The minimum atomic E-state index is 0.697. The van der Waals surface area contributed by atoms with Crippen molar-refractivity contribution < 1.29 is 0 Å². The molecule has 2 nitrogen and oxygen atoms in total. The first-order valence-corrected chi connectivity index (χ1v) is 21.6. The minimum absolute atomic E-state index is 0.697. The van der Waals surface area contributed by atoms with Gasteiger partial charge in [0.05, 0.1) is 11.4 Å². The van der Waals surface area contributed by atoms with Crippen LogP contribution in [0, 0.1) is 0 Å². The van der Waals surface area contributed by atoms with E-state index >= 15 is 0 Å². The zero-order valence-corrected chi connectivity index (χ0v) is 33.7. The van der Waals surface area contributed by atoms with E-state index in [4.69, 9.17) is 9.97 Å². The summed E-state index contributed by atoms with van der Waals surface area (Å²) in [5, 5.41) is 16.4. The lowest BCUT2D eigenvalue weighted by atomic mass is 9.87. The molecule has 0 unspecified atom stereocenters. The van der Waals surface area contributed by atoms with Crippen LogP contribution in [-0.4, -0.2) is 9.97 Å². The standard InChI is InChI=1S/C58H34N2S/c1-2-11-35(12-3-1)36-23-28-40(29-24-36)58-59-50(34-51(60-58)44-17-5-6-18-45(44)53-33-41-13-4-7-22-52(41)61-53)43-31-42-30-27-39-15-9-20-47-46-19-8-14-37-25-26-38-16-10-21-48(56(38)54(37)46)49(32-43)57(42)55(39)47/h1-34H. The van der Waals surface area contributed by atoms with Crippen molar-refractivity contribution in [2.75, 3.05) is 0 Å². The molecule has 11 aromatic carbocycles. The van der Waals surface area contributed by atoms with Crippen LogP contribution in [0.15, 0.2) is 206 Å².